The first-order valence-corrected chi connectivity index (χ1v) is 5.99. The fraction of sp³-hybridized carbons (Fsp3) is 0.455. The third-order valence-electron chi connectivity index (χ3n) is 2.21. The SMILES string of the molecule is CCN(CCCO)C(=O)c1cncc(Br)c1. The molecule has 0 aliphatic carbocycles. The van der Waals surface area contributed by atoms with Gasteiger partial charge in [0, 0.05) is 36.6 Å². The molecular formula is C11H15BrN2O2. The summed E-state index contributed by atoms with van der Waals surface area (Å²) in [5.74, 6) is -0.0512. The summed E-state index contributed by atoms with van der Waals surface area (Å²) in [6.07, 6.45) is 3.79. The number of rotatable bonds is 5. The van der Waals surface area contributed by atoms with Crippen LogP contribution in [-0.2, 0) is 0 Å². The summed E-state index contributed by atoms with van der Waals surface area (Å²) in [7, 11) is 0. The Morgan fingerprint density at radius 2 is 2.31 bits per heavy atom. The first-order valence-electron chi connectivity index (χ1n) is 5.19. The van der Waals surface area contributed by atoms with E-state index in [-0.39, 0.29) is 12.5 Å². The molecule has 4 nitrogen and oxygen atoms in total. The molecule has 0 spiro atoms. The zero-order valence-corrected chi connectivity index (χ0v) is 10.8. The molecule has 1 rings (SSSR count). The number of nitrogens with zero attached hydrogens (tertiary/aromatic N) is 2. The lowest BCUT2D eigenvalue weighted by molar-refractivity contribution is 0.0754. The van der Waals surface area contributed by atoms with Crippen LogP contribution in [0.1, 0.15) is 23.7 Å². The van der Waals surface area contributed by atoms with Crippen LogP contribution in [0.5, 0.6) is 0 Å². The van der Waals surface area contributed by atoms with Gasteiger partial charge in [0.25, 0.3) is 5.91 Å². The molecule has 0 fully saturated rings. The molecule has 0 aliphatic heterocycles. The summed E-state index contributed by atoms with van der Waals surface area (Å²) in [6, 6.07) is 1.75. The van der Waals surface area contributed by atoms with Gasteiger partial charge in [-0.1, -0.05) is 0 Å². The molecule has 0 aromatic carbocycles. The molecule has 1 aromatic heterocycles. The first-order chi connectivity index (χ1) is 7.69. The van der Waals surface area contributed by atoms with Crippen LogP contribution in [0.4, 0.5) is 0 Å². The maximum atomic E-state index is 12.0. The van der Waals surface area contributed by atoms with Gasteiger partial charge in [0.05, 0.1) is 5.56 Å². The Morgan fingerprint density at radius 3 is 2.88 bits per heavy atom. The number of aliphatic hydroxyl groups is 1. The van der Waals surface area contributed by atoms with Gasteiger partial charge in [-0.05, 0) is 35.3 Å². The van der Waals surface area contributed by atoms with Crippen LogP contribution in [0, 0.1) is 0 Å². The summed E-state index contributed by atoms with van der Waals surface area (Å²) in [4.78, 5) is 17.7. The normalized spacial score (nSPS) is 10.2. The summed E-state index contributed by atoms with van der Waals surface area (Å²) in [5, 5.41) is 8.75. The third-order valence-corrected chi connectivity index (χ3v) is 2.64. The first kappa shape index (κ1) is 13.1. The van der Waals surface area contributed by atoms with Crippen molar-refractivity contribution in [2.45, 2.75) is 13.3 Å². The molecule has 0 saturated carbocycles. The van der Waals surface area contributed by atoms with Crippen molar-refractivity contribution in [3.8, 4) is 0 Å². The van der Waals surface area contributed by atoms with Gasteiger partial charge in [-0.15, -0.1) is 0 Å². The lowest BCUT2D eigenvalue weighted by atomic mass is 10.2. The number of aromatic nitrogens is 1. The monoisotopic (exact) mass is 286 g/mol. The fourth-order valence-corrected chi connectivity index (χ4v) is 1.74. The minimum atomic E-state index is -0.0512. The van der Waals surface area contributed by atoms with Crippen molar-refractivity contribution >= 4 is 21.8 Å². The molecular weight excluding hydrogens is 272 g/mol. The average molecular weight is 287 g/mol. The molecule has 1 heterocycles. The van der Waals surface area contributed by atoms with Crippen LogP contribution in [0.2, 0.25) is 0 Å². The van der Waals surface area contributed by atoms with E-state index in [0.29, 0.717) is 25.1 Å². The highest BCUT2D eigenvalue weighted by molar-refractivity contribution is 9.10. The number of hydrogen-bond donors (Lipinski definition) is 1. The van der Waals surface area contributed by atoms with Gasteiger partial charge in [0.1, 0.15) is 0 Å². The maximum absolute atomic E-state index is 12.0. The van der Waals surface area contributed by atoms with Crippen molar-refractivity contribution in [3.63, 3.8) is 0 Å². The van der Waals surface area contributed by atoms with Gasteiger partial charge in [0.15, 0.2) is 0 Å². The van der Waals surface area contributed by atoms with Gasteiger partial charge in [-0.25, -0.2) is 0 Å². The summed E-state index contributed by atoms with van der Waals surface area (Å²) in [5.41, 5.74) is 0.564. The molecule has 16 heavy (non-hydrogen) atoms. The van der Waals surface area contributed by atoms with Gasteiger partial charge in [0.2, 0.25) is 0 Å². The highest BCUT2D eigenvalue weighted by atomic mass is 79.9. The second-order valence-electron chi connectivity index (χ2n) is 3.35. The fourth-order valence-electron chi connectivity index (χ4n) is 1.38. The number of aliphatic hydroxyl groups excluding tert-OH is 1. The highest BCUT2D eigenvalue weighted by Gasteiger charge is 2.13. The summed E-state index contributed by atoms with van der Waals surface area (Å²) >= 11 is 3.28. The maximum Gasteiger partial charge on any atom is 0.255 e. The van der Waals surface area contributed by atoms with Crippen LogP contribution in [0.15, 0.2) is 22.9 Å². The predicted octanol–water partition coefficient (Wildman–Crippen LogP) is 1.69. The molecule has 0 unspecified atom stereocenters. The smallest absolute Gasteiger partial charge is 0.255 e. The Kier molecular flexibility index (Phi) is 5.42. The number of amides is 1. The van der Waals surface area contributed by atoms with Gasteiger partial charge < -0.3 is 10.0 Å². The Labute approximate surface area is 103 Å². The summed E-state index contributed by atoms with van der Waals surface area (Å²) < 4.78 is 0.788. The zero-order chi connectivity index (χ0) is 12.0. The Bertz CT molecular complexity index is 358. The van der Waals surface area contributed by atoms with Gasteiger partial charge in [-0.3, -0.25) is 9.78 Å². The van der Waals surface area contributed by atoms with E-state index in [4.69, 9.17) is 5.11 Å². The number of hydrogen-bond acceptors (Lipinski definition) is 3. The van der Waals surface area contributed by atoms with Crippen molar-refractivity contribution in [2.75, 3.05) is 19.7 Å². The van der Waals surface area contributed by atoms with Gasteiger partial charge >= 0.3 is 0 Å². The zero-order valence-electron chi connectivity index (χ0n) is 9.19. The van der Waals surface area contributed by atoms with Crippen molar-refractivity contribution in [2.24, 2.45) is 0 Å². The van der Waals surface area contributed by atoms with Crippen LogP contribution in [-0.4, -0.2) is 40.6 Å². The minimum Gasteiger partial charge on any atom is -0.396 e. The largest absolute Gasteiger partial charge is 0.396 e. The molecule has 0 radical (unpaired) electrons. The van der Waals surface area contributed by atoms with Crippen molar-refractivity contribution in [1.82, 2.24) is 9.88 Å². The third kappa shape index (κ3) is 3.57. The second-order valence-corrected chi connectivity index (χ2v) is 4.27. The standard InChI is InChI=1S/C11H15BrN2O2/c1-2-14(4-3-5-15)11(16)9-6-10(12)8-13-7-9/h6-8,15H,2-5H2,1H3. The Balaban J connectivity index is 2.74. The van der Waals surface area contributed by atoms with Crippen LogP contribution in [0.25, 0.3) is 0 Å². The topological polar surface area (TPSA) is 53.4 Å². The number of carbonyl (C=O) groups is 1. The van der Waals surface area contributed by atoms with Crippen LogP contribution >= 0.6 is 15.9 Å². The van der Waals surface area contributed by atoms with E-state index < -0.39 is 0 Å². The van der Waals surface area contributed by atoms with Crippen molar-refractivity contribution in [1.29, 1.82) is 0 Å². The van der Waals surface area contributed by atoms with E-state index in [1.165, 1.54) is 0 Å². The lowest BCUT2D eigenvalue weighted by Gasteiger charge is -2.20. The van der Waals surface area contributed by atoms with E-state index in [1.54, 1.807) is 23.4 Å². The van der Waals surface area contributed by atoms with Crippen LogP contribution < -0.4 is 0 Å². The van der Waals surface area contributed by atoms with E-state index in [2.05, 4.69) is 20.9 Å². The van der Waals surface area contributed by atoms with Crippen LogP contribution in [0.3, 0.4) is 0 Å². The van der Waals surface area contributed by atoms with E-state index in [9.17, 15) is 4.79 Å². The van der Waals surface area contributed by atoms with Crippen molar-refractivity contribution < 1.29 is 9.90 Å². The van der Waals surface area contributed by atoms with Crippen molar-refractivity contribution in [3.05, 3.63) is 28.5 Å². The predicted molar refractivity (Wildman–Crippen MR) is 65.2 cm³/mol. The van der Waals surface area contributed by atoms with Gasteiger partial charge in [-0.2, -0.15) is 0 Å². The Morgan fingerprint density at radius 1 is 1.56 bits per heavy atom. The molecule has 1 aromatic rings. The molecule has 0 atom stereocenters. The minimum absolute atomic E-state index is 0.0512. The van der Waals surface area contributed by atoms with E-state index >= 15 is 0 Å². The molecule has 0 aliphatic rings. The number of pyridine rings is 1. The molecule has 88 valence electrons. The quantitative estimate of drug-likeness (QED) is 0.896. The second kappa shape index (κ2) is 6.60. The number of carbonyl (C=O) groups excluding carboxylic acids is 1. The highest BCUT2D eigenvalue weighted by Crippen LogP contribution is 2.11. The lowest BCUT2D eigenvalue weighted by Crippen LogP contribution is -2.32. The summed E-state index contributed by atoms with van der Waals surface area (Å²) in [6.45, 7) is 3.21. The van der Waals surface area contributed by atoms with E-state index in [0.717, 1.165) is 4.47 Å². The molecule has 5 heteroatoms. The average Bonchev–Trinajstić information content (AvgIpc) is 2.29. The molecule has 0 saturated heterocycles. The molecule has 1 amide bonds. The molecule has 0 bridgehead atoms. The van der Waals surface area contributed by atoms with E-state index in [1.807, 2.05) is 6.92 Å². The molecule has 1 N–H and O–H groups in total. The number of halogens is 1. The Hall–Kier alpha value is -0.940.